The number of carboxylic acids is 1. The van der Waals surface area contributed by atoms with E-state index in [9.17, 15) is 9.59 Å². The molecule has 3 rings (SSSR count). The molecular formula is C14H11ClN2O3S. The molecular weight excluding hydrogens is 312 g/mol. The molecule has 2 aromatic heterocycles. The van der Waals surface area contributed by atoms with Crippen molar-refractivity contribution in [2.75, 3.05) is 0 Å². The van der Waals surface area contributed by atoms with E-state index in [0.29, 0.717) is 15.4 Å². The zero-order chi connectivity index (χ0) is 15.1. The quantitative estimate of drug-likeness (QED) is 0.776. The van der Waals surface area contributed by atoms with E-state index in [-0.39, 0.29) is 17.3 Å². The van der Waals surface area contributed by atoms with E-state index in [1.165, 1.54) is 23.5 Å². The Labute approximate surface area is 128 Å². The zero-order valence-electron chi connectivity index (χ0n) is 11.0. The van der Waals surface area contributed by atoms with Crippen LogP contribution in [-0.2, 0) is 0 Å². The van der Waals surface area contributed by atoms with Gasteiger partial charge < -0.3 is 10.1 Å². The summed E-state index contributed by atoms with van der Waals surface area (Å²) in [6, 6.07) is 8.09. The van der Waals surface area contributed by atoms with Crippen LogP contribution in [0.25, 0.3) is 11.0 Å². The summed E-state index contributed by atoms with van der Waals surface area (Å²) in [7, 11) is 0. The number of H-pyrrole nitrogens is 1. The number of thiophene rings is 1. The molecule has 0 fully saturated rings. The lowest BCUT2D eigenvalue weighted by molar-refractivity contribution is 0.0697. The molecule has 1 atom stereocenters. The standard InChI is InChI=1S/C14H11ClN2O3S/c1-7(11-4-5-12(15)21-11)17-10-3-2-8(13(18)19)6-9(10)16-14(17)20/h2-7H,1H3,(H,16,20)(H,18,19). The Morgan fingerprint density at radius 1 is 1.38 bits per heavy atom. The Kier molecular flexibility index (Phi) is 3.35. The Bertz CT molecular complexity index is 893. The molecule has 0 spiro atoms. The predicted molar refractivity (Wildman–Crippen MR) is 82.7 cm³/mol. The number of fused-ring (bicyclic) bond motifs is 1. The number of nitrogens with one attached hydrogen (secondary N) is 1. The summed E-state index contributed by atoms with van der Waals surface area (Å²) in [5, 5.41) is 9.00. The molecule has 2 N–H and O–H groups in total. The molecule has 0 aliphatic rings. The summed E-state index contributed by atoms with van der Waals surface area (Å²) in [4.78, 5) is 26.8. The fourth-order valence-corrected chi connectivity index (χ4v) is 3.43. The Morgan fingerprint density at radius 3 is 2.76 bits per heavy atom. The van der Waals surface area contributed by atoms with Crippen LogP contribution in [0.2, 0.25) is 4.34 Å². The minimum Gasteiger partial charge on any atom is -0.478 e. The van der Waals surface area contributed by atoms with Gasteiger partial charge in [0.1, 0.15) is 0 Å². The normalized spacial score (nSPS) is 12.7. The van der Waals surface area contributed by atoms with Crippen LogP contribution >= 0.6 is 22.9 Å². The summed E-state index contributed by atoms with van der Waals surface area (Å²) in [5.41, 5.74) is 1.05. The number of carboxylic acid groups (broad SMARTS) is 1. The summed E-state index contributed by atoms with van der Waals surface area (Å²) in [6.45, 7) is 1.90. The second-order valence-corrected chi connectivity index (χ2v) is 6.40. The summed E-state index contributed by atoms with van der Waals surface area (Å²) in [6.07, 6.45) is 0. The number of imidazole rings is 1. The molecule has 5 nitrogen and oxygen atoms in total. The highest BCUT2D eigenvalue weighted by Crippen LogP contribution is 2.30. The van der Waals surface area contributed by atoms with Crippen molar-refractivity contribution in [3.8, 4) is 0 Å². The van der Waals surface area contributed by atoms with E-state index < -0.39 is 5.97 Å². The summed E-state index contributed by atoms with van der Waals surface area (Å²) >= 11 is 7.35. The molecule has 0 radical (unpaired) electrons. The van der Waals surface area contributed by atoms with Crippen molar-refractivity contribution in [1.29, 1.82) is 0 Å². The number of halogens is 1. The topological polar surface area (TPSA) is 75.1 Å². The van der Waals surface area contributed by atoms with Gasteiger partial charge in [-0.1, -0.05) is 11.6 Å². The van der Waals surface area contributed by atoms with Crippen LogP contribution in [0.5, 0.6) is 0 Å². The van der Waals surface area contributed by atoms with Crippen LogP contribution in [0.4, 0.5) is 0 Å². The minimum absolute atomic E-state index is 0.141. The number of benzene rings is 1. The Hall–Kier alpha value is -2.05. The molecule has 0 aliphatic heterocycles. The molecule has 21 heavy (non-hydrogen) atoms. The van der Waals surface area contributed by atoms with Crippen LogP contribution in [0, 0.1) is 0 Å². The van der Waals surface area contributed by atoms with Crippen molar-refractivity contribution in [3.05, 3.63) is 55.6 Å². The van der Waals surface area contributed by atoms with Gasteiger partial charge in [-0.05, 0) is 37.3 Å². The van der Waals surface area contributed by atoms with Gasteiger partial charge in [-0.3, -0.25) is 4.57 Å². The van der Waals surface area contributed by atoms with Crippen molar-refractivity contribution in [1.82, 2.24) is 9.55 Å². The van der Waals surface area contributed by atoms with Crippen molar-refractivity contribution >= 4 is 39.9 Å². The molecule has 7 heteroatoms. The third kappa shape index (κ3) is 2.36. The van der Waals surface area contributed by atoms with Crippen LogP contribution in [0.15, 0.2) is 35.1 Å². The van der Waals surface area contributed by atoms with Gasteiger partial charge >= 0.3 is 11.7 Å². The average Bonchev–Trinajstić information content (AvgIpc) is 2.99. The molecule has 0 amide bonds. The predicted octanol–water partition coefficient (Wildman–Crippen LogP) is 3.35. The monoisotopic (exact) mass is 322 g/mol. The number of aromatic nitrogens is 2. The third-order valence-electron chi connectivity index (χ3n) is 3.36. The van der Waals surface area contributed by atoms with E-state index in [1.54, 1.807) is 16.7 Å². The lowest BCUT2D eigenvalue weighted by Crippen LogP contribution is -2.20. The van der Waals surface area contributed by atoms with Gasteiger partial charge in [0.25, 0.3) is 0 Å². The fourth-order valence-electron chi connectivity index (χ4n) is 2.33. The van der Waals surface area contributed by atoms with E-state index in [4.69, 9.17) is 16.7 Å². The number of carbonyl (C=O) groups is 1. The number of rotatable bonds is 3. The second kappa shape index (κ2) is 5.05. The first-order valence-electron chi connectivity index (χ1n) is 6.20. The smallest absolute Gasteiger partial charge is 0.335 e. The molecule has 2 heterocycles. The van der Waals surface area contributed by atoms with Crippen LogP contribution in [0.1, 0.15) is 28.2 Å². The highest BCUT2D eigenvalue weighted by Gasteiger charge is 2.17. The fraction of sp³-hybridized carbons (Fsp3) is 0.143. The molecule has 0 saturated heterocycles. The van der Waals surface area contributed by atoms with Gasteiger partial charge in [0.2, 0.25) is 0 Å². The maximum absolute atomic E-state index is 12.2. The molecule has 1 unspecified atom stereocenters. The summed E-state index contributed by atoms with van der Waals surface area (Å²) in [5.74, 6) is -1.02. The molecule has 108 valence electrons. The lowest BCUT2D eigenvalue weighted by atomic mass is 10.2. The second-order valence-electron chi connectivity index (χ2n) is 4.66. The molecule has 0 aliphatic carbocycles. The largest absolute Gasteiger partial charge is 0.478 e. The van der Waals surface area contributed by atoms with Gasteiger partial charge in [-0.15, -0.1) is 11.3 Å². The lowest BCUT2D eigenvalue weighted by Gasteiger charge is -2.11. The van der Waals surface area contributed by atoms with Crippen LogP contribution in [0.3, 0.4) is 0 Å². The Morgan fingerprint density at radius 2 is 2.14 bits per heavy atom. The van der Waals surface area contributed by atoms with Crippen molar-refractivity contribution in [3.63, 3.8) is 0 Å². The zero-order valence-corrected chi connectivity index (χ0v) is 12.5. The van der Waals surface area contributed by atoms with Crippen molar-refractivity contribution < 1.29 is 9.90 Å². The number of hydrogen-bond donors (Lipinski definition) is 2. The van der Waals surface area contributed by atoms with E-state index in [2.05, 4.69) is 4.98 Å². The number of nitrogens with zero attached hydrogens (tertiary/aromatic N) is 1. The van der Waals surface area contributed by atoms with Gasteiger partial charge in [-0.2, -0.15) is 0 Å². The van der Waals surface area contributed by atoms with E-state index in [0.717, 1.165) is 4.88 Å². The van der Waals surface area contributed by atoms with Crippen LogP contribution < -0.4 is 5.69 Å². The molecule has 3 aromatic rings. The van der Waals surface area contributed by atoms with Crippen LogP contribution in [-0.4, -0.2) is 20.6 Å². The van der Waals surface area contributed by atoms with Gasteiger partial charge in [0, 0.05) is 4.88 Å². The number of hydrogen-bond acceptors (Lipinski definition) is 3. The number of aromatic amines is 1. The average molecular weight is 323 g/mol. The van der Waals surface area contributed by atoms with E-state index in [1.807, 2.05) is 13.0 Å². The third-order valence-corrected chi connectivity index (χ3v) is 4.76. The van der Waals surface area contributed by atoms with Gasteiger partial charge in [0.15, 0.2) is 0 Å². The summed E-state index contributed by atoms with van der Waals surface area (Å²) < 4.78 is 2.27. The highest BCUT2D eigenvalue weighted by molar-refractivity contribution is 7.16. The first-order valence-corrected chi connectivity index (χ1v) is 7.39. The van der Waals surface area contributed by atoms with Gasteiger partial charge in [0.05, 0.1) is 27.0 Å². The van der Waals surface area contributed by atoms with Crippen molar-refractivity contribution in [2.24, 2.45) is 0 Å². The maximum atomic E-state index is 12.2. The van der Waals surface area contributed by atoms with Crippen molar-refractivity contribution in [2.45, 2.75) is 13.0 Å². The maximum Gasteiger partial charge on any atom is 0.335 e. The first-order chi connectivity index (χ1) is 9.97. The Balaban J connectivity index is 2.16. The number of aromatic carboxylic acids is 1. The highest BCUT2D eigenvalue weighted by atomic mass is 35.5. The molecule has 1 aromatic carbocycles. The molecule has 0 saturated carbocycles. The first kappa shape index (κ1) is 13.9. The minimum atomic E-state index is -1.02. The van der Waals surface area contributed by atoms with Gasteiger partial charge in [-0.25, -0.2) is 9.59 Å². The SMILES string of the molecule is CC(c1ccc(Cl)s1)n1c(=O)[nH]c2cc(C(=O)O)ccc21. The molecule has 0 bridgehead atoms. The van der Waals surface area contributed by atoms with E-state index >= 15 is 0 Å².